The summed E-state index contributed by atoms with van der Waals surface area (Å²) in [6.45, 7) is 0.303. The average molecular weight is 256 g/mol. The van der Waals surface area contributed by atoms with Gasteiger partial charge in [0.15, 0.2) is 0 Å². The lowest BCUT2D eigenvalue weighted by molar-refractivity contribution is -0.139. The van der Waals surface area contributed by atoms with Crippen molar-refractivity contribution in [1.82, 2.24) is 5.32 Å². The molecule has 2 atom stereocenters. The number of halogens is 1. The van der Waals surface area contributed by atoms with Gasteiger partial charge in [-0.1, -0.05) is 15.9 Å². The molecule has 0 aromatic carbocycles. The van der Waals surface area contributed by atoms with Crippen LogP contribution in [-0.2, 0) is 9.53 Å². The van der Waals surface area contributed by atoms with Crippen LogP contribution >= 0.6 is 15.9 Å². The molecule has 5 nitrogen and oxygen atoms in total. The molecule has 0 amide bonds. The second-order valence-electron chi connectivity index (χ2n) is 2.49. The SMILES string of the molecule is COC(=O)C(Br)CNCC(O)CO. The van der Waals surface area contributed by atoms with E-state index in [-0.39, 0.29) is 19.1 Å². The number of nitrogens with one attached hydrogen (secondary N) is 1. The van der Waals surface area contributed by atoms with Crippen LogP contribution in [0.1, 0.15) is 0 Å². The minimum Gasteiger partial charge on any atom is -0.468 e. The lowest BCUT2D eigenvalue weighted by atomic mass is 10.3. The highest BCUT2D eigenvalue weighted by atomic mass is 79.9. The molecule has 0 rings (SSSR count). The van der Waals surface area contributed by atoms with Crippen LogP contribution < -0.4 is 5.32 Å². The predicted molar refractivity (Wildman–Crippen MR) is 50.7 cm³/mol. The van der Waals surface area contributed by atoms with Crippen LogP contribution in [0.3, 0.4) is 0 Å². The van der Waals surface area contributed by atoms with Gasteiger partial charge in [-0.25, -0.2) is 0 Å². The lowest BCUT2D eigenvalue weighted by Crippen LogP contribution is -2.35. The normalized spacial score (nSPS) is 15.1. The molecule has 0 aliphatic carbocycles. The first kappa shape index (κ1) is 12.8. The molecule has 0 spiro atoms. The number of aliphatic hydroxyl groups excluding tert-OH is 2. The number of hydrogen-bond donors (Lipinski definition) is 3. The maximum Gasteiger partial charge on any atom is 0.320 e. The quantitative estimate of drug-likeness (QED) is 0.414. The molecule has 0 heterocycles. The van der Waals surface area contributed by atoms with Crippen molar-refractivity contribution in [3.05, 3.63) is 0 Å². The van der Waals surface area contributed by atoms with Crippen molar-refractivity contribution in [2.75, 3.05) is 26.8 Å². The summed E-state index contributed by atoms with van der Waals surface area (Å²) in [4.78, 5) is 10.4. The molecular weight excluding hydrogens is 242 g/mol. The Hall–Kier alpha value is -0.170. The van der Waals surface area contributed by atoms with E-state index >= 15 is 0 Å². The summed E-state index contributed by atoms with van der Waals surface area (Å²) in [5.41, 5.74) is 0. The molecule has 78 valence electrons. The fourth-order valence-corrected chi connectivity index (χ4v) is 1.07. The van der Waals surface area contributed by atoms with Gasteiger partial charge in [-0.15, -0.1) is 0 Å². The predicted octanol–water partition coefficient (Wildman–Crippen LogP) is -1.13. The van der Waals surface area contributed by atoms with Crippen LogP contribution in [-0.4, -0.2) is 53.9 Å². The van der Waals surface area contributed by atoms with E-state index in [9.17, 15) is 4.79 Å². The molecule has 0 aliphatic heterocycles. The number of carbonyl (C=O) groups excluding carboxylic acids is 1. The number of methoxy groups -OCH3 is 1. The van der Waals surface area contributed by atoms with Crippen molar-refractivity contribution in [3.8, 4) is 0 Å². The van der Waals surface area contributed by atoms with E-state index in [0.29, 0.717) is 6.54 Å². The molecule has 6 heteroatoms. The number of hydrogen-bond acceptors (Lipinski definition) is 5. The zero-order chi connectivity index (χ0) is 10.3. The largest absolute Gasteiger partial charge is 0.468 e. The van der Waals surface area contributed by atoms with E-state index in [4.69, 9.17) is 10.2 Å². The maximum absolute atomic E-state index is 10.8. The summed E-state index contributed by atoms with van der Waals surface area (Å²) in [5, 5.41) is 20.2. The van der Waals surface area contributed by atoms with Crippen molar-refractivity contribution in [2.24, 2.45) is 0 Å². The second-order valence-corrected chi connectivity index (χ2v) is 3.59. The van der Waals surface area contributed by atoms with Gasteiger partial charge in [-0.2, -0.15) is 0 Å². The van der Waals surface area contributed by atoms with Crippen LogP contribution in [0.4, 0.5) is 0 Å². The number of ether oxygens (including phenoxy) is 1. The van der Waals surface area contributed by atoms with Crippen LogP contribution in [0.2, 0.25) is 0 Å². The van der Waals surface area contributed by atoms with Crippen molar-refractivity contribution < 1.29 is 19.7 Å². The van der Waals surface area contributed by atoms with Crippen molar-refractivity contribution in [1.29, 1.82) is 0 Å². The summed E-state index contributed by atoms with van der Waals surface area (Å²) < 4.78 is 4.46. The smallest absolute Gasteiger partial charge is 0.320 e. The lowest BCUT2D eigenvalue weighted by Gasteiger charge is -2.11. The van der Waals surface area contributed by atoms with E-state index < -0.39 is 10.9 Å². The number of aliphatic hydroxyl groups is 2. The Kier molecular flexibility index (Phi) is 7.16. The van der Waals surface area contributed by atoms with Gasteiger partial charge in [0.1, 0.15) is 4.83 Å². The first-order valence-electron chi connectivity index (χ1n) is 3.83. The van der Waals surface area contributed by atoms with Gasteiger partial charge in [0.25, 0.3) is 0 Å². The van der Waals surface area contributed by atoms with Gasteiger partial charge >= 0.3 is 5.97 Å². The van der Waals surface area contributed by atoms with Gasteiger partial charge < -0.3 is 20.3 Å². The minimum atomic E-state index is -0.794. The number of alkyl halides is 1. The van der Waals surface area contributed by atoms with Gasteiger partial charge in [-0.3, -0.25) is 4.79 Å². The topological polar surface area (TPSA) is 78.8 Å². The van der Waals surface area contributed by atoms with Crippen molar-refractivity contribution >= 4 is 21.9 Å². The Morgan fingerprint density at radius 3 is 2.69 bits per heavy atom. The third kappa shape index (κ3) is 5.98. The third-order valence-electron chi connectivity index (χ3n) is 1.37. The molecule has 13 heavy (non-hydrogen) atoms. The standard InChI is InChI=1S/C7H14BrNO4/c1-13-7(12)6(8)3-9-2-5(11)4-10/h5-6,9-11H,2-4H2,1H3. The number of carbonyl (C=O) groups is 1. The molecule has 0 aromatic rings. The Labute approximate surface area is 85.2 Å². The molecule has 0 bridgehead atoms. The number of esters is 1. The van der Waals surface area contributed by atoms with E-state index in [1.165, 1.54) is 7.11 Å². The molecule has 0 radical (unpaired) electrons. The molecular formula is C7H14BrNO4. The Bertz CT molecular complexity index is 155. The van der Waals surface area contributed by atoms with Gasteiger partial charge in [0.05, 0.1) is 19.8 Å². The number of rotatable bonds is 6. The van der Waals surface area contributed by atoms with E-state index in [2.05, 4.69) is 26.0 Å². The molecule has 2 unspecified atom stereocenters. The Morgan fingerprint density at radius 1 is 1.62 bits per heavy atom. The zero-order valence-electron chi connectivity index (χ0n) is 7.36. The van der Waals surface area contributed by atoms with Crippen molar-refractivity contribution in [3.63, 3.8) is 0 Å². The van der Waals surface area contributed by atoms with E-state index in [1.807, 2.05) is 0 Å². The Morgan fingerprint density at radius 2 is 2.23 bits per heavy atom. The fraction of sp³-hybridized carbons (Fsp3) is 0.857. The summed E-state index contributed by atoms with van der Waals surface area (Å²) in [5.74, 6) is -0.369. The molecule has 3 N–H and O–H groups in total. The molecule has 0 saturated heterocycles. The minimum absolute atomic E-state index is 0.246. The fourth-order valence-electron chi connectivity index (χ4n) is 0.652. The van der Waals surface area contributed by atoms with Crippen LogP contribution in [0.25, 0.3) is 0 Å². The summed E-state index contributed by atoms with van der Waals surface area (Å²) >= 11 is 3.09. The third-order valence-corrected chi connectivity index (χ3v) is 2.07. The van der Waals surface area contributed by atoms with Crippen LogP contribution in [0.5, 0.6) is 0 Å². The zero-order valence-corrected chi connectivity index (χ0v) is 8.95. The monoisotopic (exact) mass is 255 g/mol. The van der Waals surface area contributed by atoms with Crippen LogP contribution in [0.15, 0.2) is 0 Å². The van der Waals surface area contributed by atoms with E-state index in [0.717, 1.165) is 0 Å². The molecule has 0 fully saturated rings. The first-order chi connectivity index (χ1) is 6.11. The molecule has 0 saturated carbocycles. The maximum atomic E-state index is 10.8. The molecule has 0 aliphatic rings. The second kappa shape index (κ2) is 7.25. The average Bonchev–Trinajstić information content (AvgIpc) is 2.15. The van der Waals surface area contributed by atoms with Gasteiger partial charge in [0.2, 0.25) is 0 Å². The summed E-state index contributed by atoms with van der Waals surface area (Å²) in [7, 11) is 1.30. The van der Waals surface area contributed by atoms with Crippen molar-refractivity contribution in [2.45, 2.75) is 10.9 Å². The van der Waals surface area contributed by atoms with Gasteiger partial charge in [-0.05, 0) is 0 Å². The van der Waals surface area contributed by atoms with Crippen LogP contribution in [0, 0.1) is 0 Å². The summed E-state index contributed by atoms with van der Waals surface area (Å²) in [6.07, 6.45) is -0.794. The van der Waals surface area contributed by atoms with Gasteiger partial charge in [0, 0.05) is 13.1 Å². The summed E-state index contributed by atoms with van der Waals surface area (Å²) in [6, 6.07) is 0. The highest BCUT2D eigenvalue weighted by Crippen LogP contribution is 1.99. The Balaban J connectivity index is 3.47. The molecule has 0 aromatic heterocycles. The first-order valence-corrected chi connectivity index (χ1v) is 4.75. The highest BCUT2D eigenvalue weighted by Gasteiger charge is 2.14. The highest BCUT2D eigenvalue weighted by molar-refractivity contribution is 9.10. The van der Waals surface area contributed by atoms with E-state index in [1.54, 1.807) is 0 Å².